The molecule has 12 heavy (non-hydrogen) atoms. The van der Waals surface area contributed by atoms with Gasteiger partial charge in [0.1, 0.15) is 5.75 Å². The summed E-state index contributed by atoms with van der Waals surface area (Å²) in [6.07, 6.45) is 0. The third kappa shape index (κ3) is 2.49. The summed E-state index contributed by atoms with van der Waals surface area (Å²) in [5.74, 6) is -0.244. The summed E-state index contributed by atoms with van der Waals surface area (Å²) in [7, 11) is 0. The molecule has 2 N–H and O–H groups in total. The molecule has 0 aliphatic rings. The Bertz CT molecular complexity index is 268. The molecule has 64 valence electrons. The predicted molar refractivity (Wildman–Crippen MR) is 43.5 cm³/mol. The number of hydrogen-bond acceptors (Lipinski definition) is 4. The molecule has 0 aliphatic heterocycles. The van der Waals surface area contributed by atoms with Crippen LogP contribution in [-0.2, 0) is 9.63 Å². The van der Waals surface area contributed by atoms with E-state index in [0.29, 0.717) is 5.69 Å². The fourth-order valence-electron chi connectivity index (χ4n) is 0.660. The standard InChI is InChI=1S/C8H9NO3/c1-6(10)12-9-7-2-4-8(11)5-3-7/h2-5,9,11H,1H3. The van der Waals surface area contributed by atoms with E-state index in [9.17, 15) is 4.79 Å². The van der Waals surface area contributed by atoms with Crippen LogP contribution >= 0.6 is 0 Å². The van der Waals surface area contributed by atoms with Crippen LogP contribution in [-0.4, -0.2) is 11.1 Å². The number of rotatable bonds is 2. The first-order chi connectivity index (χ1) is 5.68. The van der Waals surface area contributed by atoms with E-state index in [1.807, 2.05) is 0 Å². The molecule has 0 aliphatic carbocycles. The molecule has 0 radical (unpaired) electrons. The van der Waals surface area contributed by atoms with E-state index < -0.39 is 5.97 Å². The molecule has 1 rings (SSSR count). The number of aromatic hydroxyl groups is 1. The van der Waals surface area contributed by atoms with Crippen LogP contribution in [0.5, 0.6) is 5.75 Å². The van der Waals surface area contributed by atoms with E-state index >= 15 is 0 Å². The summed E-state index contributed by atoms with van der Waals surface area (Å²) in [5, 5.41) is 8.90. The van der Waals surface area contributed by atoms with Gasteiger partial charge in [-0.2, -0.15) is 0 Å². The van der Waals surface area contributed by atoms with Crippen molar-refractivity contribution in [1.29, 1.82) is 0 Å². The van der Waals surface area contributed by atoms with Gasteiger partial charge >= 0.3 is 5.97 Å². The third-order valence-corrected chi connectivity index (χ3v) is 1.18. The fourth-order valence-corrected chi connectivity index (χ4v) is 0.660. The molecule has 4 heteroatoms. The van der Waals surface area contributed by atoms with Gasteiger partial charge in [-0.1, -0.05) is 0 Å². The van der Waals surface area contributed by atoms with Gasteiger partial charge in [0.05, 0.1) is 5.69 Å². The molecule has 0 unspecified atom stereocenters. The Kier molecular flexibility index (Phi) is 2.53. The topological polar surface area (TPSA) is 58.6 Å². The molecular formula is C8H9NO3. The molecule has 4 nitrogen and oxygen atoms in total. The quantitative estimate of drug-likeness (QED) is 0.514. The average molecular weight is 167 g/mol. The van der Waals surface area contributed by atoms with Crippen molar-refractivity contribution in [3.8, 4) is 5.75 Å². The van der Waals surface area contributed by atoms with Crippen molar-refractivity contribution in [3.05, 3.63) is 24.3 Å². The van der Waals surface area contributed by atoms with Crippen molar-refractivity contribution in [2.24, 2.45) is 0 Å². The largest absolute Gasteiger partial charge is 0.508 e. The number of hydrogen-bond donors (Lipinski definition) is 2. The Hall–Kier alpha value is -1.71. The fraction of sp³-hybridized carbons (Fsp3) is 0.125. The Morgan fingerprint density at radius 1 is 1.42 bits per heavy atom. The van der Waals surface area contributed by atoms with Gasteiger partial charge in [0, 0.05) is 6.92 Å². The van der Waals surface area contributed by atoms with Gasteiger partial charge in [-0.05, 0) is 24.3 Å². The molecular weight excluding hydrogens is 158 g/mol. The van der Waals surface area contributed by atoms with Gasteiger partial charge in [0.2, 0.25) is 0 Å². The number of carbonyl (C=O) groups excluding carboxylic acids is 1. The second kappa shape index (κ2) is 3.61. The van der Waals surface area contributed by atoms with Gasteiger partial charge in [0.15, 0.2) is 0 Å². The monoisotopic (exact) mass is 167 g/mol. The zero-order valence-electron chi connectivity index (χ0n) is 6.57. The lowest BCUT2D eigenvalue weighted by Gasteiger charge is -2.03. The van der Waals surface area contributed by atoms with Gasteiger partial charge in [-0.25, -0.2) is 5.48 Å². The summed E-state index contributed by atoms with van der Waals surface area (Å²) < 4.78 is 0. The van der Waals surface area contributed by atoms with Crippen LogP contribution in [0.2, 0.25) is 0 Å². The Morgan fingerprint density at radius 3 is 2.50 bits per heavy atom. The maximum Gasteiger partial charge on any atom is 0.329 e. The van der Waals surface area contributed by atoms with Crippen molar-refractivity contribution < 1.29 is 14.7 Å². The van der Waals surface area contributed by atoms with Gasteiger partial charge in [-0.15, -0.1) is 0 Å². The molecule has 1 aromatic carbocycles. The molecule has 0 saturated carbocycles. The minimum atomic E-state index is -0.414. The summed E-state index contributed by atoms with van der Waals surface area (Å²) in [6, 6.07) is 6.17. The first-order valence-electron chi connectivity index (χ1n) is 3.41. The van der Waals surface area contributed by atoms with Gasteiger partial charge in [-0.3, -0.25) is 4.79 Å². The van der Waals surface area contributed by atoms with E-state index in [1.54, 1.807) is 12.1 Å². The van der Waals surface area contributed by atoms with Crippen molar-refractivity contribution >= 4 is 11.7 Å². The van der Waals surface area contributed by atoms with Crippen LogP contribution in [0.3, 0.4) is 0 Å². The number of phenolic OH excluding ortho intramolecular Hbond substituents is 1. The lowest BCUT2D eigenvalue weighted by atomic mass is 10.3. The SMILES string of the molecule is CC(=O)ONc1ccc(O)cc1. The molecule has 0 heterocycles. The van der Waals surface area contributed by atoms with E-state index in [0.717, 1.165) is 0 Å². The zero-order chi connectivity index (χ0) is 8.97. The van der Waals surface area contributed by atoms with E-state index in [1.165, 1.54) is 19.1 Å². The molecule has 0 atom stereocenters. The van der Waals surface area contributed by atoms with Crippen molar-refractivity contribution in [2.75, 3.05) is 5.48 Å². The van der Waals surface area contributed by atoms with E-state index in [4.69, 9.17) is 5.11 Å². The minimum Gasteiger partial charge on any atom is -0.508 e. The number of carbonyl (C=O) groups is 1. The Morgan fingerprint density at radius 2 is 2.00 bits per heavy atom. The highest BCUT2D eigenvalue weighted by Crippen LogP contribution is 2.13. The second-order valence-corrected chi connectivity index (χ2v) is 2.24. The highest BCUT2D eigenvalue weighted by molar-refractivity contribution is 5.67. The highest BCUT2D eigenvalue weighted by atomic mass is 16.7. The lowest BCUT2D eigenvalue weighted by Crippen LogP contribution is -2.05. The highest BCUT2D eigenvalue weighted by Gasteiger charge is 1.93. The van der Waals surface area contributed by atoms with Crippen LogP contribution in [0.4, 0.5) is 5.69 Å². The molecule has 0 saturated heterocycles. The minimum absolute atomic E-state index is 0.170. The van der Waals surface area contributed by atoms with Crippen molar-refractivity contribution in [2.45, 2.75) is 6.92 Å². The smallest absolute Gasteiger partial charge is 0.329 e. The number of nitrogens with one attached hydrogen (secondary N) is 1. The third-order valence-electron chi connectivity index (χ3n) is 1.18. The zero-order valence-corrected chi connectivity index (χ0v) is 6.57. The normalized spacial score (nSPS) is 9.08. The van der Waals surface area contributed by atoms with Crippen LogP contribution in [0, 0.1) is 0 Å². The first-order valence-corrected chi connectivity index (χ1v) is 3.41. The van der Waals surface area contributed by atoms with Crippen molar-refractivity contribution in [3.63, 3.8) is 0 Å². The first kappa shape index (κ1) is 8.39. The second-order valence-electron chi connectivity index (χ2n) is 2.24. The molecule has 0 amide bonds. The van der Waals surface area contributed by atoms with Crippen LogP contribution in [0.25, 0.3) is 0 Å². The van der Waals surface area contributed by atoms with Crippen LogP contribution < -0.4 is 5.48 Å². The average Bonchev–Trinajstić information content (AvgIpc) is 2.03. The Labute approximate surface area is 69.7 Å². The molecule has 0 aromatic heterocycles. The molecule has 0 spiro atoms. The maximum absolute atomic E-state index is 10.3. The molecule has 1 aromatic rings. The summed E-state index contributed by atoms with van der Waals surface area (Å²) in [6.45, 7) is 1.30. The summed E-state index contributed by atoms with van der Waals surface area (Å²) in [4.78, 5) is 14.8. The predicted octanol–water partition coefficient (Wildman–Crippen LogP) is 1.28. The molecule has 0 bridgehead atoms. The van der Waals surface area contributed by atoms with E-state index in [-0.39, 0.29) is 5.75 Å². The number of anilines is 1. The van der Waals surface area contributed by atoms with E-state index in [2.05, 4.69) is 10.3 Å². The Balaban J connectivity index is 2.53. The van der Waals surface area contributed by atoms with Crippen molar-refractivity contribution in [1.82, 2.24) is 0 Å². The number of phenols is 1. The van der Waals surface area contributed by atoms with Gasteiger partial charge < -0.3 is 9.94 Å². The summed E-state index contributed by atoms with van der Waals surface area (Å²) in [5.41, 5.74) is 3.02. The van der Waals surface area contributed by atoms with Crippen LogP contribution in [0.15, 0.2) is 24.3 Å². The summed E-state index contributed by atoms with van der Waals surface area (Å²) >= 11 is 0. The van der Waals surface area contributed by atoms with Gasteiger partial charge in [0.25, 0.3) is 0 Å². The lowest BCUT2D eigenvalue weighted by molar-refractivity contribution is -0.138. The van der Waals surface area contributed by atoms with Crippen LogP contribution in [0.1, 0.15) is 6.92 Å². The number of benzene rings is 1. The molecule has 0 fully saturated rings. The maximum atomic E-state index is 10.3.